The molecule has 0 aromatic heterocycles. The maximum atomic E-state index is 12.8. The lowest BCUT2D eigenvalue weighted by atomic mass is 10.1. The highest BCUT2D eigenvalue weighted by molar-refractivity contribution is 8.26. The van der Waals surface area contributed by atoms with Gasteiger partial charge in [-0.3, -0.25) is 19.8 Å². The monoisotopic (exact) mass is 430 g/mol. The second-order valence-electron chi connectivity index (χ2n) is 6.09. The highest BCUT2D eigenvalue weighted by atomic mass is 32.2. The number of nitrogens with zero attached hydrogens (tertiary/aromatic N) is 2. The molecule has 0 N–H and O–H groups in total. The number of methoxy groups -OCH3 is 2. The lowest BCUT2D eigenvalue weighted by Crippen LogP contribution is -2.30. The molecule has 150 valence electrons. The number of nitro groups is 1. The summed E-state index contributed by atoms with van der Waals surface area (Å²) in [5.41, 5.74) is 1.29. The number of hydrogen-bond acceptors (Lipinski definition) is 7. The first kappa shape index (κ1) is 20.8. The van der Waals surface area contributed by atoms with Crippen molar-refractivity contribution in [3.05, 3.63) is 68.6 Å². The molecule has 0 unspecified atom stereocenters. The molecule has 1 fully saturated rings. The van der Waals surface area contributed by atoms with Crippen LogP contribution in [0.5, 0.6) is 11.5 Å². The van der Waals surface area contributed by atoms with Crippen LogP contribution in [0, 0.1) is 10.1 Å². The molecular weight excluding hydrogens is 412 g/mol. The van der Waals surface area contributed by atoms with Gasteiger partial charge in [0.15, 0.2) is 11.5 Å². The molecule has 0 radical (unpaired) electrons. The Morgan fingerprint density at radius 2 is 1.90 bits per heavy atom. The van der Waals surface area contributed by atoms with E-state index in [4.69, 9.17) is 21.7 Å². The van der Waals surface area contributed by atoms with Crippen LogP contribution >= 0.6 is 24.0 Å². The van der Waals surface area contributed by atoms with Gasteiger partial charge in [-0.25, -0.2) is 0 Å². The number of rotatable bonds is 7. The van der Waals surface area contributed by atoms with Crippen LogP contribution in [0.1, 0.15) is 11.1 Å². The van der Waals surface area contributed by atoms with Crippen molar-refractivity contribution >= 4 is 46.0 Å². The van der Waals surface area contributed by atoms with Crippen molar-refractivity contribution in [3.8, 4) is 11.5 Å². The minimum absolute atomic E-state index is 0.0527. The van der Waals surface area contributed by atoms with Gasteiger partial charge in [-0.2, -0.15) is 0 Å². The van der Waals surface area contributed by atoms with Crippen molar-refractivity contribution in [1.29, 1.82) is 0 Å². The summed E-state index contributed by atoms with van der Waals surface area (Å²) in [7, 11) is 3.14. The zero-order valence-corrected chi connectivity index (χ0v) is 17.4. The molecule has 2 aromatic carbocycles. The van der Waals surface area contributed by atoms with E-state index in [2.05, 4.69) is 0 Å². The Morgan fingerprint density at radius 3 is 2.59 bits per heavy atom. The van der Waals surface area contributed by atoms with E-state index in [1.165, 1.54) is 17.0 Å². The summed E-state index contributed by atoms with van der Waals surface area (Å²) in [4.78, 5) is 25.4. The quantitative estimate of drug-likeness (QED) is 0.284. The van der Waals surface area contributed by atoms with Crippen molar-refractivity contribution < 1.29 is 19.2 Å². The zero-order valence-electron chi connectivity index (χ0n) is 15.8. The Morgan fingerprint density at radius 1 is 1.17 bits per heavy atom. The first-order valence-electron chi connectivity index (χ1n) is 8.64. The van der Waals surface area contributed by atoms with Gasteiger partial charge in [-0.05, 0) is 36.3 Å². The largest absolute Gasteiger partial charge is 0.493 e. The molecule has 0 bridgehead atoms. The van der Waals surface area contributed by atoms with Crippen LogP contribution in [-0.4, -0.2) is 40.8 Å². The van der Waals surface area contributed by atoms with Crippen LogP contribution in [0.25, 0.3) is 6.08 Å². The summed E-state index contributed by atoms with van der Waals surface area (Å²) < 4.78 is 11.0. The normalized spacial score (nSPS) is 15.1. The third-order valence-corrected chi connectivity index (χ3v) is 5.74. The number of amides is 1. The van der Waals surface area contributed by atoms with Crippen LogP contribution in [0.2, 0.25) is 0 Å². The summed E-state index contributed by atoms with van der Waals surface area (Å²) in [6.45, 7) is 0.397. The fraction of sp³-hybridized carbons (Fsp3) is 0.200. The molecule has 0 spiro atoms. The molecular formula is C20H18N2O5S2. The van der Waals surface area contributed by atoms with Gasteiger partial charge >= 0.3 is 0 Å². The number of carbonyl (C=O) groups is 1. The average molecular weight is 431 g/mol. The standard InChI is InChI=1S/C20H18N2O5S2/c1-26-16-8-7-13(11-17(16)27-2)9-10-21-19(23)18(29-20(21)28)12-14-5-3-4-6-15(14)22(24)25/h3-8,11-12H,9-10H2,1-2H3/b18-12-. The van der Waals surface area contributed by atoms with Crippen molar-refractivity contribution in [2.45, 2.75) is 6.42 Å². The number of benzene rings is 2. The number of para-hydroxylation sites is 1. The smallest absolute Gasteiger partial charge is 0.276 e. The van der Waals surface area contributed by atoms with Gasteiger partial charge in [-0.15, -0.1) is 0 Å². The lowest BCUT2D eigenvalue weighted by Gasteiger charge is -2.15. The molecule has 9 heteroatoms. The Kier molecular flexibility index (Phi) is 6.50. The first-order chi connectivity index (χ1) is 13.9. The summed E-state index contributed by atoms with van der Waals surface area (Å²) in [5, 5.41) is 11.2. The Balaban J connectivity index is 1.76. The maximum absolute atomic E-state index is 12.8. The van der Waals surface area contributed by atoms with Crippen LogP contribution in [-0.2, 0) is 11.2 Å². The van der Waals surface area contributed by atoms with Gasteiger partial charge in [0.05, 0.1) is 29.6 Å². The van der Waals surface area contributed by atoms with Crippen molar-refractivity contribution in [2.24, 2.45) is 0 Å². The van der Waals surface area contributed by atoms with E-state index < -0.39 is 4.92 Å². The van der Waals surface area contributed by atoms with E-state index >= 15 is 0 Å². The van der Waals surface area contributed by atoms with Crippen LogP contribution in [0.3, 0.4) is 0 Å². The molecule has 29 heavy (non-hydrogen) atoms. The topological polar surface area (TPSA) is 81.9 Å². The third kappa shape index (κ3) is 4.57. The minimum Gasteiger partial charge on any atom is -0.493 e. The molecule has 7 nitrogen and oxygen atoms in total. The molecule has 3 rings (SSSR count). The summed E-state index contributed by atoms with van der Waals surface area (Å²) >= 11 is 6.50. The van der Waals surface area contributed by atoms with E-state index in [1.54, 1.807) is 32.4 Å². The summed E-state index contributed by atoms with van der Waals surface area (Å²) in [5.74, 6) is 1.000. The second-order valence-corrected chi connectivity index (χ2v) is 7.76. The van der Waals surface area contributed by atoms with E-state index in [0.29, 0.717) is 39.3 Å². The predicted octanol–water partition coefficient (Wildman–Crippen LogP) is 4.06. The van der Waals surface area contributed by atoms with Crippen molar-refractivity contribution in [2.75, 3.05) is 20.8 Å². The molecule has 1 aliphatic rings. The van der Waals surface area contributed by atoms with E-state index in [0.717, 1.165) is 17.3 Å². The first-order valence-corrected chi connectivity index (χ1v) is 9.86. The Hall–Kier alpha value is -2.91. The SMILES string of the molecule is COc1ccc(CCN2C(=O)/C(=C/c3ccccc3[N+](=O)[O-])SC2=S)cc1OC. The number of nitro benzene ring substituents is 1. The van der Waals surface area contributed by atoms with Crippen LogP contribution in [0.15, 0.2) is 47.4 Å². The molecule has 0 aliphatic carbocycles. The maximum Gasteiger partial charge on any atom is 0.276 e. The molecule has 2 aromatic rings. The van der Waals surface area contributed by atoms with Crippen LogP contribution < -0.4 is 9.47 Å². The van der Waals surface area contributed by atoms with E-state index in [1.807, 2.05) is 18.2 Å². The molecule has 0 saturated carbocycles. The predicted molar refractivity (Wildman–Crippen MR) is 116 cm³/mol. The Labute approximate surface area is 177 Å². The average Bonchev–Trinajstić information content (AvgIpc) is 2.99. The Bertz CT molecular complexity index is 1010. The highest BCUT2D eigenvalue weighted by Gasteiger charge is 2.32. The highest BCUT2D eigenvalue weighted by Crippen LogP contribution is 2.34. The van der Waals surface area contributed by atoms with Gasteiger partial charge < -0.3 is 9.47 Å². The van der Waals surface area contributed by atoms with Gasteiger partial charge in [0.25, 0.3) is 11.6 Å². The van der Waals surface area contributed by atoms with Gasteiger partial charge in [0, 0.05) is 12.6 Å². The zero-order chi connectivity index (χ0) is 21.0. The summed E-state index contributed by atoms with van der Waals surface area (Å²) in [6.07, 6.45) is 2.10. The summed E-state index contributed by atoms with van der Waals surface area (Å²) in [6, 6.07) is 11.9. The molecule has 1 aliphatic heterocycles. The minimum atomic E-state index is -0.469. The second kappa shape index (κ2) is 9.06. The van der Waals surface area contributed by atoms with Gasteiger partial charge in [-0.1, -0.05) is 42.2 Å². The number of ether oxygens (including phenoxy) is 2. The van der Waals surface area contributed by atoms with Crippen molar-refractivity contribution in [1.82, 2.24) is 4.90 Å². The molecule has 1 amide bonds. The molecule has 0 atom stereocenters. The third-order valence-electron chi connectivity index (χ3n) is 4.37. The molecule has 1 saturated heterocycles. The fourth-order valence-corrected chi connectivity index (χ4v) is 4.19. The number of carbonyl (C=O) groups excluding carboxylic acids is 1. The molecule has 1 heterocycles. The number of hydrogen-bond donors (Lipinski definition) is 0. The number of thioether (sulfide) groups is 1. The number of thiocarbonyl (C=S) groups is 1. The van der Waals surface area contributed by atoms with Gasteiger partial charge in [0.2, 0.25) is 0 Å². The van der Waals surface area contributed by atoms with Crippen LogP contribution in [0.4, 0.5) is 5.69 Å². The fourth-order valence-electron chi connectivity index (χ4n) is 2.89. The van der Waals surface area contributed by atoms with Gasteiger partial charge in [0.1, 0.15) is 4.32 Å². The lowest BCUT2D eigenvalue weighted by molar-refractivity contribution is -0.385. The van der Waals surface area contributed by atoms with Crippen molar-refractivity contribution in [3.63, 3.8) is 0 Å². The van der Waals surface area contributed by atoms with E-state index in [9.17, 15) is 14.9 Å². The van der Waals surface area contributed by atoms with E-state index in [-0.39, 0.29) is 11.6 Å².